The largest absolute Gasteiger partial charge is 0.545 e. The van der Waals surface area contributed by atoms with Crippen molar-refractivity contribution in [2.75, 3.05) is 47.5 Å². The van der Waals surface area contributed by atoms with E-state index >= 15 is 0 Å². The van der Waals surface area contributed by atoms with E-state index in [-0.39, 0.29) is 32.2 Å². The second kappa shape index (κ2) is 46.8. The van der Waals surface area contributed by atoms with Crippen molar-refractivity contribution in [2.45, 2.75) is 283 Å². The second-order valence-electron chi connectivity index (χ2n) is 19.9. The molecule has 0 amide bonds. The van der Waals surface area contributed by atoms with Crippen molar-refractivity contribution < 1.29 is 42.9 Å². The zero-order valence-corrected chi connectivity index (χ0v) is 42.5. The Balaban J connectivity index is 4.02. The minimum absolute atomic E-state index is 0.153. The second-order valence-corrected chi connectivity index (χ2v) is 19.9. The molecule has 0 N–H and O–H groups in total. The van der Waals surface area contributed by atoms with Crippen LogP contribution >= 0.6 is 0 Å². The number of quaternary nitrogens is 1. The molecule has 9 heteroatoms. The molecule has 0 aromatic carbocycles. The number of carbonyl (C=O) groups excluding carboxylic acids is 3. The summed E-state index contributed by atoms with van der Waals surface area (Å²) in [7, 11) is 5.92. The van der Waals surface area contributed by atoms with Crippen molar-refractivity contribution in [2.24, 2.45) is 0 Å². The molecular weight excluding hydrogens is 791 g/mol. The van der Waals surface area contributed by atoms with Gasteiger partial charge in [0.2, 0.25) is 0 Å². The molecular formula is C54H105NO8. The van der Waals surface area contributed by atoms with E-state index in [4.69, 9.17) is 18.9 Å². The lowest BCUT2D eigenvalue weighted by Crippen LogP contribution is -2.44. The standard InChI is InChI=1S/C54H105NO8/c1-6-8-10-12-14-16-17-18-19-20-21-22-23-24-25-26-27-28-29-30-31-32-33-34-35-37-39-41-43-45-52(57)63-50(49-62-54(53(58)59)60-47-46-55(3,4)5)48-61-51(56)44-42-40-38-36-15-13-11-9-7-2/h50,54H,6-49H2,1-5H3. The van der Waals surface area contributed by atoms with E-state index in [0.29, 0.717) is 17.4 Å². The fourth-order valence-corrected chi connectivity index (χ4v) is 8.13. The first-order valence-electron chi connectivity index (χ1n) is 27.2. The van der Waals surface area contributed by atoms with E-state index < -0.39 is 24.3 Å². The maximum Gasteiger partial charge on any atom is 0.306 e. The molecule has 0 aliphatic rings. The number of aliphatic carboxylic acids is 1. The SMILES string of the molecule is CCCCCCCCCCCCCCCCCCCCCCCCCCCCCCCC(=O)OC(COC(=O)CCCCCCCCCCC)COC(OCC[N+](C)(C)C)C(=O)[O-]. The minimum Gasteiger partial charge on any atom is -0.545 e. The summed E-state index contributed by atoms with van der Waals surface area (Å²) >= 11 is 0. The van der Waals surface area contributed by atoms with Gasteiger partial charge in [0.1, 0.15) is 13.2 Å². The third kappa shape index (κ3) is 48.1. The molecule has 63 heavy (non-hydrogen) atoms. The molecule has 9 nitrogen and oxygen atoms in total. The number of unbranched alkanes of at least 4 members (excludes halogenated alkanes) is 36. The van der Waals surface area contributed by atoms with E-state index in [1.54, 1.807) is 0 Å². The monoisotopic (exact) mass is 896 g/mol. The lowest BCUT2D eigenvalue weighted by molar-refractivity contribution is -0.870. The molecule has 0 aliphatic carbocycles. The lowest BCUT2D eigenvalue weighted by atomic mass is 10.0. The highest BCUT2D eigenvalue weighted by Crippen LogP contribution is 2.17. The number of hydrogen-bond donors (Lipinski definition) is 0. The van der Waals surface area contributed by atoms with Gasteiger partial charge in [0.05, 0.1) is 40.3 Å². The Bertz CT molecular complexity index is 1000. The molecule has 0 aromatic heterocycles. The molecule has 0 heterocycles. The van der Waals surface area contributed by atoms with Gasteiger partial charge in [-0.25, -0.2) is 0 Å². The Morgan fingerprint density at radius 3 is 1.02 bits per heavy atom. The van der Waals surface area contributed by atoms with E-state index in [9.17, 15) is 19.5 Å². The third-order valence-corrected chi connectivity index (χ3v) is 12.4. The quantitative estimate of drug-likeness (QED) is 0.0257. The van der Waals surface area contributed by atoms with Crippen molar-refractivity contribution in [1.82, 2.24) is 0 Å². The predicted molar refractivity (Wildman–Crippen MR) is 260 cm³/mol. The van der Waals surface area contributed by atoms with Crippen LogP contribution in [0.15, 0.2) is 0 Å². The Morgan fingerprint density at radius 1 is 0.413 bits per heavy atom. The fraction of sp³-hybridized carbons (Fsp3) is 0.944. The van der Waals surface area contributed by atoms with E-state index in [1.165, 1.54) is 205 Å². The molecule has 0 fully saturated rings. The molecule has 0 saturated heterocycles. The Morgan fingerprint density at radius 2 is 0.714 bits per heavy atom. The van der Waals surface area contributed by atoms with Crippen LogP contribution in [-0.2, 0) is 33.3 Å². The summed E-state index contributed by atoms with van der Waals surface area (Å²) in [6, 6.07) is 0. The first-order valence-corrected chi connectivity index (χ1v) is 27.2. The Kier molecular flexibility index (Phi) is 45.5. The van der Waals surface area contributed by atoms with Gasteiger partial charge in [-0.1, -0.05) is 245 Å². The minimum atomic E-state index is -1.61. The van der Waals surface area contributed by atoms with Crippen molar-refractivity contribution in [3.63, 3.8) is 0 Å². The summed E-state index contributed by atoms with van der Waals surface area (Å²) in [6.45, 7) is 4.77. The van der Waals surface area contributed by atoms with Gasteiger partial charge in [-0.2, -0.15) is 0 Å². The van der Waals surface area contributed by atoms with Gasteiger partial charge in [-0.3, -0.25) is 9.59 Å². The number of likely N-dealkylation sites (N-methyl/N-ethyl adjacent to an activating group) is 1. The molecule has 0 rings (SSSR count). The first-order chi connectivity index (χ1) is 30.6. The summed E-state index contributed by atoms with van der Waals surface area (Å²) in [5.74, 6) is -2.26. The number of rotatable bonds is 51. The maximum absolute atomic E-state index is 12.8. The van der Waals surface area contributed by atoms with Crippen LogP contribution in [0.3, 0.4) is 0 Å². The van der Waals surface area contributed by atoms with Gasteiger partial charge in [-0.15, -0.1) is 0 Å². The first kappa shape index (κ1) is 61.3. The smallest absolute Gasteiger partial charge is 0.306 e. The Labute approximate surface area is 390 Å². The van der Waals surface area contributed by atoms with Crippen LogP contribution < -0.4 is 5.11 Å². The van der Waals surface area contributed by atoms with Gasteiger partial charge in [0.15, 0.2) is 12.4 Å². The van der Waals surface area contributed by atoms with Crippen LogP contribution in [0.2, 0.25) is 0 Å². The average molecular weight is 896 g/mol. The van der Waals surface area contributed by atoms with Gasteiger partial charge in [-0.05, 0) is 12.8 Å². The van der Waals surface area contributed by atoms with Crippen molar-refractivity contribution in [3.05, 3.63) is 0 Å². The highest BCUT2D eigenvalue weighted by atomic mass is 16.7. The van der Waals surface area contributed by atoms with Crippen LogP contribution in [0.5, 0.6) is 0 Å². The van der Waals surface area contributed by atoms with E-state index in [0.717, 1.165) is 38.5 Å². The number of hydrogen-bond acceptors (Lipinski definition) is 8. The molecule has 0 aromatic rings. The molecule has 0 bridgehead atoms. The van der Waals surface area contributed by atoms with Crippen LogP contribution in [0.25, 0.3) is 0 Å². The van der Waals surface area contributed by atoms with Crippen LogP contribution in [0.4, 0.5) is 0 Å². The van der Waals surface area contributed by atoms with Gasteiger partial charge in [0, 0.05) is 12.8 Å². The zero-order valence-electron chi connectivity index (χ0n) is 42.5. The number of carboxylic acids is 1. The van der Waals surface area contributed by atoms with Gasteiger partial charge >= 0.3 is 11.9 Å². The molecule has 0 saturated carbocycles. The lowest BCUT2D eigenvalue weighted by Gasteiger charge is -2.26. The summed E-state index contributed by atoms with van der Waals surface area (Å²) < 4.78 is 22.6. The van der Waals surface area contributed by atoms with Gasteiger partial charge in [0.25, 0.3) is 0 Å². The highest BCUT2D eigenvalue weighted by molar-refractivity contribution is 5.70. The fourth-order valence-electron chi connectivity index (χ4n) is 8.13. The molecule has 0 radical (unpaired) electrons. The van der Waals surface area contributed by atoms with Crippen LogP contribution in [0, 0.1) is 0 Å². The number of esters is 2. The van der Waals surface area contributed by atoms with Crippen molar-refractivity contribution in [1.29, 1.82) is 0 Å². The van der Waals surface area contributed by atoms with Crippen molar-refractivity contribution in [3.8, 4) is 0 Å². The molecule has 374 valence electrons. The normalized spacial score (nSPS) is 12.7. The summed E-state index contributed by atoms with van der Waals surface area (Å²) in [5.41, 5.74) is 0. The summed E-state index contributed by atoms with van der Waals surface area (Å²) in [5, 5.41) is 11.7. The van der Waals surface area contributed by atoms with Crippen LogP contribution in [-0.4, -0.2) is 82.3 Å². The predicted octanol–water partition coefficient (Wildman–Crippen LogP) is 13.9. The molecule has 0 spiro atoms. The summed E-state index contributed by atoms with van der Waals surface area (Å²) in [4.78, 5) is 37.0. The highest BCUT2D eigenvalue weighted by Gasteiger charge is 2.22. The van der Waals surface area contributed by atoms with E-state index in [1.807, 2.05) is 21.1 Å². The Hall–Kier alpha value is -1.71. The number of carbonyl (C=O) groups is 3. The van der Waals surface area contributed by atoms with Gasteiger partial charge < -0.3 is 33.3 Å². The zero-order chi connectivity index (χ0) is 46.3. The number of carboxylic acid groups (broad SMARTS) is 1. The van der Waals surface area contributed by atoms with Crippen LogP contribution in [0.1, 0.15) is 271 Å². The summed E-state index contributed by atoms with van der Waals surface area (Å²) in [6.07, 6.45) is 47.5. The molecule has 2 unspecified atom stereocenters. The number of nitrogens with zero attached hydrogens (tertiary/aromatic N) is 1. The van der Waals surface area contributed by atoms with Crippen molar-refractivity contribution >= 4 is 17.9 Å². The average Bonchev–Trinajstić information content (AvgIpc) is 3.24. The maximum atomic E-state index is 12.8. The number of ether oxygens (including phenoxy) is 4. The topological polar surface area (TPSA) is 111 Å². The molecule has 0 aliphatic heterocycles. The molecule has 2 atom stereocenters. The third-order valence-electron chi connectivity index (χ3n) is 12.4. The van der Waals surface area contributed by atoms with E-state index in [2.05, 4.69) is 13.8 Å².